The molecule has 1 unspecified atom stereocenters. The van der Waals surface area contributed by atoms with Crippen molar-refractivity contribution in [3.63, 3.8) is 0 Å². The van der Waals surface area contributed by atoms with E-state index in [0.717, 1.165) is 27.8 Å². The van der Waals surface area contributed by atoms with Crippen molar-refractivity contribution in [3.8, 4) is 17.6 Å². The number of carbonyl (C=O) groups is 3. The maximum Gasteiger partial charge on any atom is 0.322 e. The molecule has 34 heavy (non-hydrogen) atoms. The Balaban J connectivity index is 0.000000180. The van der Waals surface area contributed by atoms with Crippen LogP contribution in [0.15, 0.2) is 48.7 Å². The second-order valence-corrected chi connectivity index (χ2v) is 7.68. The van der Waals surface area contributed by atoms with Gasteiger partial charge >= 0.3 is 6.03 Å². The molecule has 9 heteroatoms. The molecule has 2 aliphatic rings. The van der Waals surface area contributed by atoms with Crippen molar-refractivity contribution in [1.82, 2.24) is 20.5 Å². The number of amides is 4. The third kappa shape index (κ3) is 4.53. The van der Waals surface area contributed by atoms with Crippen molar-refractivity contribution in [2.75, 3.05) is 14.2 Å². The molecular weight excluding hydrogens is 436 g/mol. The minimum absolute atomic E-state index is 0.0777. The predicted octanol–water partition coefficient (Wildman–Crippen LogP) is 1.57. The number of nitrogens with zero attached hydrogens (tertiary/aromatic N) is 2. The highest BCUT2D eigenvalue weighted by molar-refractivity contribution is 6.06. The first kappa shape index (κ1) is 22.8. The minimum atomic E-state index is -0.879. The number of aliphatic hydroxyl groups is 1. The lowest BCUT2D eigenvalue weighted by molar-refractivity contribution is -0.119. The van der Waals surface area contributed by atoms with E-state index in [0.29, 0.717) is 17.7 Å². The minimum Gasteiger partial charge on any atom is -0.497 e. The van der Waals surface area contributed by atoms with E-state index >= 15 is 0 Å². The number of para-hydroxylation sites is 1. The van der Waals surface area contributed by atoms with Gasteiger partial charge in [0.15, 0.2) is 6.04 Å². The first-order chi connectivity index (χ1) is 16.4. The number of hydrogen-bond donors (Lipinski definition) is 3. The summed E-state index contributed by atoms with van der Waals surface area (Å²) in [4.78, 5) is 39.9. The third-order valence-corrected chi connectivity index (χ3v) is 5.47. The Morgan fingerprint density at radius 2 is 2.00 bits per heavy atom. The van der Waals surface area contributed by atoms with Gasteiger partial charge in [0.2, 0.25) is 0 Å². The van der Waals surface area contributed by atoms with Gasteiger partial charge in [0.25, 0.3) is 11.8 Å². The van der Waals surface area contributed by atoms with E-state index in [1.807, 2.05) is 36.4 Å². The molecule has 5 rings (SSSR count). The monoisotopic (exact) mass is 458 g/mol. The lowest BCUT2D eigenvalue weighted by Crippen LogP contribution is -2.26. The molecular formula is C25H22N4O5. The van der Waals surface area contributed by atoms with Gasteiger partial charge < -0.3 is 20.1 Å². The number of aliphatic hydroxyl groups excluding tert-OH is 1. The average Bonchev–Trinajstić information content (AvgIpc) is 3.33. The molecule has 0 spiro atoms. The van der Waals surface area contributed by atoms with Crippen molar-refractivity contribution < 1.29 is 24.2 Å². The second-order valence-electron chi connectivity index (χ2n) is 7.68. The Kier molecular flexibility index (Phi) is 6.43. The largest absolute Gasteiger partial charge is 0.497 e. The van der Waals surface area contributed by atoms with Crippen LogP contribution in [0.2, 0.25) is 0 Å². The quantitative estimate of drug-likeness (QED) is 0.396. The molecule has 9 nitrogen and oxygen atoms in total. The van der Waals surface area contributed by atoms with E-state index in [-0.39, 0.29) is 12.5 Å². The Labute approximate surface area is 195 Å². The molecule has 2 aliphatic heterocycles. The number of benzene rings is 2. The number of carbonyl (C=O) groups excluding carboxylic acids is 3. The zero-order valence-electron chi connectivity index (χ0n) is 18.6. The van der Waals surface area contributed by atoms with Crippen LogP contribution >= 0.6 is 0 Å². The summed E-state index contributed by atoms with van der Waals surface area (Å²) in [6.07, 6.45) is 1.55. The number of ether oxygens (including phenoxy) is 1. The molecule has 1 aromatic heterocycles. The summed E-state index contributed by atoms with van der Waals surface area (Å²) in [5, 5.41) is 14.9. The summed E-state index contributed by atoms with van der Waals surface area (Å²) in [6, 6.07) is 11.6. The molecule has 1 atom stereocenters. The van der Waals surface area contributed by atoms with Crippen molar-refractivity contribution in [1.29, 1.82) is 0 Å². The Morgan fingerprint density at radius 1 is 1.21 bits per heavy atom. The van der Waals surface area contributed by atoms with Crippen molar-refractivity contribution in [2.45, 2.75) is 19.2 Å². The fourth-order valence-corrected chi connectivity index (χ4v) is 3.70. The van der Waals surface area contributed by atoms with Crippen LogP contribution in [0.3, 0.4) is 0 Å². The van der Waals surface area contributed by atoms with Gasteiger partial charge in [-0.3, -0.25) is 19.9 Å². The van der Waals surface area contributed by atoms with E-state index in [4.69, 9.17) is 4.74 Å². The lowest BCUT2D eigenvalue weighted by atomic mass is 10.0. The summed E-state index contributed by atoms with van der Waals surface area (Å²) < 4.78 is 5.05. The molecule has 0 aliphatic carbocycles. The SMILES string of the molecule is COc1ccc2c(c1)C(=O)N(C)C2.O=C1NC(=O)C(C#Cc2cnc3ccccc3c2CO)N1. The summed E-state index contributed by atoms with van der Waals surface area (Å²) in [5.74, 6) is 5.81. The number of imide groups is 1. The number of pyridine rings is 1. The summed E-state index contributed by atoms with van der Waals surface area (Å²) in [7, 11) is 3.40. The molecule has 3 heterocycles. The molecule has 1 saturated heterocycles. The van der Waals surface area contributed by atoms with Crippen LogP contribution in [0.1, 0.15) is 27.0 Å². The molecule has 3 N–H and O–H groups in total. The van der Waals surface area contributed by atoms with Gasteiger partial charge in [0.05, 0.1) is 19.2 Å². The van der Waals surface area contributed by atoms with Crippen LogP contribution in [0.4, 0.5) is 4.79 Å². The fourth-order valence-electron chi connectivity index (χ4n) is 3.70. The molecule has 3 aromatic rings. The van der Waals surface area contributed by atoms with Crippen LogP contribution in [-0.2, 0) is 17.9 Å². The summed E-state index contributed by atoms with van der Waals surface area (Å²) in [5.41, 5.74) is 3.79. The standard InChI is InChI=1S/C15H11N3O3.C10H11NO2/c19-8-11-9(5-6-13-14(20)18-15(21)17-13)7-16-12-4-2-1-3-10(11)12;1-11-6-7-3-4-8(13-2)5-9(7)10(11)12/h1-4,7,13,19H,8H2,(H2,17,18,20,21);3-5H,6H2,1-2H3. The first-order valence-corrected chi connectivity index (χ1v) is 10.4. The van der Waals surface area contributed by atoms with E-state index in [2.05, 4.69) is 27.5 Å². The highest BCUT2D eigenvalue weighted by atomic mass is 16.5. The van der Waals surface area contributed by atoms with Gasteiger partial charge in [-0.15, -0.1) is 0 Å². The van der Waals surface area contributed by atoms with Gasteiger partial charge in [-0.1, -0.05) is 36.1 Å². The molecule has 0 radical (unpaired) electrons. The Hall–Kier alpha value is -4.42. The number of nitrogens with one attached hydrogen (secondary N) is 2. The van der Waals surface area contributed by atoms with E-state index in [1.165, 1.54) is 0 Å². The molecule has 172 valence electrons. The topological polar surface area (TPSA) is 121 Å². The first-order valence-electron chi connectivity index (χ1n) is 10.4. The number of rotatable bonds is 2. The molecule has 1 fully saturated rings. The van der Waals surface area contributed by atoms with Crippen molar-refractivity contribution in [3.05, 3.63) is 70.9 Å². The third-order valence-electron chi connectivity index (χ3n) is 5.47. The fraction of sp³-hybridized carbons (Fsp3) is 0.200. The number of aromatic nitrogens is 1. The number of urea groups is 1. The van der Waals surface area contributed by atoms with Gasteiger partial charge in [-0.25, -0.2) is 4.79 Å². The smallest absolute Gasteiger partial charge is 0.322 e. The molecule has 0 bridgehead atoms. The van der Waals surface area contributed by atoms with Crippen LogP contribution in [0.5, 0.6) is 5.75 Å². The highest BCUT2D eigenvalue weighted by Crippen LogP contribution is 2.25. The number of methoxy groups -OCH3 is 1. The van der Waals surface area contributed by atoms with Crippen molar-refractivity contribution >= 4 is 28.7 Å². The molecule has 0 saturated carbocycles. The average molecular weight is 458 g/mol. The number of hydrogen-bond acceptors (Lipinski definition) is 6. The summed E-state index contributed by atoms with van der Waals surface area (Å²) >= 11 is 0. The van der Waals surface area contributed by atoms with Gasteiger partial charge in [-0.05, 0) is 23.8 Å². The molecule has 2 aromatic carbocycles. The van der Waals surface area contributed by atoms with Crippen LogP contribution in [0, 0.1) is 11.8 Å². The van der Waals surface area contributed by atoms with Gasteiger partial charge in [-0.2, -0.15) is 0 Å². The number of fused-ring (bicyclic) bond motifs is 2. The maximum absolute atomic E-state index is 11.5. The van der Waals surface area contributed by atoms with Gasteiger partial charge in [0.1, 0.15) is 5.75 Å². The van der Waals surface area contributed by atoms with E-state index < -0.39 is 18.0 Å². The van der Waals surface area contributed by atoms with Crippen LogP contribution in [0.25, 0.3) is 10.9 Å². The summed E-state index contributed by atoms with van der Waals surface area (Å²) in [6.45, 7) is 0.522. The zero-order valence-corrected chi connectivity index (χ0v) is 18.6. The maximum atomic E-state index is 11.5. The van der Waals surface area contributed by atoms with E-state index in [1.54, 1.807) is 31.3 Å². The second kappa shape index (κ2) is 9.60. The Bertz CT molecular complexity index is 1360. The lowest BCUT2D eigenvalue weighted by Gasteiger charge is -2.05. The highest BCUT2D eigenvalue weighted by Gasteiger charge is 2.27. The van der Waals surface area contributed by atoms with E-state index in [9.17, 15) is 19.5 Å². The van der Waals surface area contributed by atoms with Gasteiger partial charge in [0, 0.05) is 41.9 Å². The predicted molar refractivity (Wildman–Crippen MR) is 124 cm³/mol. The molecule has 4 amide bonds. The van der Waals surface area contributed by atoms with Crippen molar-refractivity contribution in [2.24, 2.45) is 0 Å². The Morgan fingerprint density at radius 3 is 2.71 bits per heavy atom. The van der Waals surface area contributed by atoms with Crippen LogP contribution in [-0.4, -0.2) is 53.0 Å². The normalized spacial score (nSPS) is 16.1. The van der Waals surface area contributed by atoms with Crippen LogP contribution < -0.4 is 15.4 Å². The zero-order chi connectivity index (χ0) is 24.2.